The van der Waals surface area contributed by atoms with Crippen molar-refractivity contribution in [2.75, 3.05) is 6.79 Å². The molecule has 0 aliphatic carbocycles. The molecule has 0 bridgehead atoms. The van der Waals surface area contributed by atoms with Crippen LogP contribution in [0.1, 0.15) is 5.56 Å². The van der Waals surface area contributed by atoms with E-state index in [4.69, 9.17) is 9.84 Å². The Bertz CT molecular complexity index is 208. The summed E-state index contributed by atoms with van der Waals surface area (Å²) in [6.07, 6.45) is 0. The molecule has 1 rings (SSSR count). The van der Waals surface area contributed by atoms with Crippen LogP contribution in [0.4, 0.5) is 0 Å². The van der Waals surface area contributed by atoms with Crippen LogP contribution in [0, 0.1) is 6.92 Å². The summed E-state index contributed by atoms with van der Waals surface area (Å²) in [5, 5.41) is 8.39. The molecule has 54 valence electrons. The third kappa shape index (κ3) is 1.74. The molecular weight excluding hydrogens is 128 g/mol. The number of rotatable bonds is 2. The Hall–Kier alpha value is -1.02. The predicted molar refractivity (Wildman–Crippen MR) is 38.9 cm³/mol. The number of hydrogen-bond donors (Lipinski definition) is 1. The zero-order valence-electron chi connectivity index (χ0n) is 5.87. The van der Waals surface area contributed by atoms with Gasteiger partial charge >= 0.3 is 0 Å². The molecule has 0 unspecified atom stereocenters. The summed E-state index contributed by atoms with van der Waals surface area (Å²) < 4.78 is 4.84. The monoisotopic (exact) mass is 138 g/mol. The van der Waals surface area contributed by atoms with Crippen LogP contribution >= 0.6 is 0 Å². The van der Waals surface area contributed by atoms with Crippen LogP contribution < -0.4 is 4.74 Å². The van der Waals surface area contributed by atoms with E-state index in [1.807, 2.05) is 31.2 Å². The van der Waals surface area contributed by atoms with Crippen molar-refractivity contribution in [1.29, 1.82) is 0 Å². The van der Waals surface area contributed by atoms with Gasteiger partial charge in [0.2, 0.25) is 0 Å². The van der Waals surface area contributed by atoms with Crippen LogP contribution in [0.3, 0.4) is 0 Å². The van der Waals surface area contributed by atoms with Crippen LogP contribution in [-0.4, -0.2) is 11.9 Å². The van der Waals surface area contributed by atoms with Crippen molar-refractivity contribution in [1.82, 2.24) is 0 Å². The SMILES string of the molecule is Cc1cccc(OCO)c1. The van der Waals surface area contributed by atoms with Crippen molar-refractivity contribution in [2.45, 2.75) is 6.92 Å². The van der Waals surface area contributed by atoms with Gasteiger partial charge in [-0.15, -0.1) is 0 Å². The summed E-state index contributed by atoms with van der Waals surface area (Å²) in [4.78, 5) is 0. The molecule has 0 saturated heterocycles. The van der Waals surface area contributed by atoms with Gasteiger partial charge in [-0.3, -0.25) is 0 Å². The number of benzene rings is 1. The molecule has 1 aromatic carbocycles. The molecule has 0 fully saturated rings. The summed E-state index contributed by atoms with van der Waals surface area (Å²) in [6.45, 7) is 1.72. The molecule has 0 saturated carbocycles. The Morgan fingerprint density at radius 3 is 2.90 bits per heavy atom. The van der Waals surface area contributed by atoms with Crippen molar-refractivity contribution >= 4 is 0 Å². The van der Waals surface area contributed by atoms with Crippen LogP contribution in [-0.2, 0) is 0 Å². The molecule has 0 aliphatic heterocycles. The van der Waals surface area contributed by atoms with Gasteiger partial charge in [-0.05, 0) is 24.6 Å². The highest BCUT2D eigenvalue weighted by Gasteiger charge is 1.89. The highest BCUT2D eigenvalue weighted by atomic mass is 16.6. The van der Waals surface area contributed by atoms with Gasteiger partial charge in [0.25, 0.3) is 0 Å². The molecule has 0 radical (unpaired) electrons. The first kappa shape index (κ1) is 7.09. The van der Waals surface area contributed by atoms with Gasteiger partial charge in [-0.2, -0.15) is 0 Å². The zero-order chi connectivity index (χ0) is 7.40. The molecule has 0 aromatic heterocycles. The third-order valence-electron chi connectivity index (χ3n) is 1.22. The van der Waals surface area contributed by atoms with Crippen LogP contribution in [0.15, 0.2) is 24.3 Å². The largest absolute Gasteiger partial charge is 0.468 e. The van der Waals surface area contributed by atoms with Gasteiger partial charge in [-0.25, -0.2) is 0 Å². The Morgan fingerprint density at radius 2 is 2.30 bits per heavy atom. The second-order valence-corrected chi connectivity index (χ2v) is 2.09. The zero-order valence-corrected chi connectivity index (χ0v) is 5.87. The normalized spacial score (nSPS) is 9.40. The maximum Gasteiger partial charge on any atom is 0.186 e. The van der Waals surface area contributed by atoms with E-state index in [1.165, 1.54) is 0 Å². The smallest absolute Gasteiger partial charge is 0.186 e. The maximum atomic E-state index is 8.39. The minimum atomic E-state index is -0.260. The molecule has 1 aromatic rings. The van der Waals surface area contributed by atoms with Gasteiger partial charge in [0.15, 0.2) is 6.79 Å². The summed E-state index contributed by atoms with van der Waals surface area (Å²) in [7, 11) is 0. The van der Waals surface area contributed by atoms with Crippen LogP contribution in [0.5, 0.6) is 5.75 Å². The predicted octanol–water partition coefficient (Wildman–Crippen LogP) is 1.32. The summed E-state index contributed by atoms with van der Waals surface area (Å²) in [5.74, 6) is 0.711. The van der Waals surface area contributed by atoms with Crippen molar-refractivity contribution < 1.29 is 9.84 Å². The Balaban J connectivity index is 2.75. The second-order valence-electron chi connectivity index (χ2n) is 2.09. The quantitative estimate of drug-likeness (QED) is 0.624. The Kier molecular flexibility index (Phi) is 2.29. The number of aryl methyl sites for hydroxylation is 1. The standard InChI is InChI=1S/C8H10O2/c1-7-3-2-4-8(5-7)10-6-9/h2-5,9H,6H2,1H3. The van der Waals surface area contributed by atoms with E-state index in [1.54, 1.807) is 0 Å². The van der Waals surface area contributed by atoms with Gasteiger partial charge in [0, 0.05) is 0 Å². The van der Waals surface area contributed by atoms with E-state index in [9.17, 15) is 0 Å². The highest BCUT2D eigenvalue weighted by molar-refractivity contribution is 5.27. The average Bonchev–Trinajstić information content (AvgIpc) is 1.88. The Morgan fingerprint density at radius 1 is 1.50 bits per heavy atom. The van der Waals surface area contributed by atoms with Crippen molar-refractivity contribution in [3.05, 3.63) is 29.8 Å². The molecule has 0 spiro atoms. The highest BCUT2D eigenvalue weighted by Crippen LogP contribution is 2.11. The van der Waals surface area contributed by atoms with Gasteiger partial charge in [0.05, 0.1) is 0 Å². The lowest BCUT2D eigenvalue weighted by molar-refractivity contribution is 0.0985. The summed E-state index contributed by atoms with van der Waals surface area (Å²) in [5.41, 5.74) is 1.13. The minimum Gasteiger partial charge on any atom is -0.468 e. The van der Waals surface area contributed by atoms with Crippen LogP contribution in [0.2, 0.25) is 0 Å². The first-order valence-corrected chi connectivity index (χ1v) is 3.13. The molecule has 0 aliphatic rings. The fourth-order valence-corrected chi connectivity index (χ4v) is 0.780. The van der Waals surface area contributed by atoms with E-state index in [-0.39, 0.29) is 6.79 Å². The van der Waals surface area contributed by atoms with Crippen LogP contribution in [0.25, 0.3) is 0 Å². The Labute approximate surface area is 60.1 Å². The van der Waals surface area contributed by atoms with Gasteiger partial charge in [0.1, 0.15) is 5.75 Å². The molecule has 0 amide bonds. The van der Waals surface area contributed by atoms with E-state index in [2.05, 4.69) is 0 Å². The molecule has 10 heavy (non-hydrogen) atoms. The lowest BCUT2D eigenvalue weighted by Crippen LogP contribution is -1.93. The van der Waals surface area contributed by atoms with Crippen molar-refractivity contribution in [2.24, 2.45) is 0 Å². The summed E-state index contributed by atoms with van der Waals surface area (Å²) in [6, 6.07) is 7.55. The summed E-state index contributed by atoms with van der Waals surface area (Å²) >= 11 is 0. The lowest BCUT2D eigenvalue weighted by Gasteiger charge is -2.00. The fourth-order valence-electron chi connectivity index (χ4n) is 0.780. The van der Waals surface area contributed by atoms with E-state index >= 15 is 0 Å². The molecule has 0 heterocycles. The van der Waals surface area contributed by atoms with Crippen molar-refractivity contribution in [3.8, 4) is 5.75 Å². The minimum absolute atomic E-state index is 0.260. The number of ether oxygens (including phenoxy) is 1. The topological polar surface area (TPSA) is 29.5 Å². The molecule has 2 heteroatoms. The lowest BCUT2D eigenvalue weighted by atomic mass is 10.2. The number of aliphatic hydroxyl groups excluding tert-OH is 1. The number of aliphatic hydroxyl groups is 1. The van der Waals surface area contributed by atoms with Gasteiger partial charge < -0.3 is 9.84 Å². The molecule has 1 N–H and O–H groups in total. The third-order valence-corrected chi connectivity index (χ3v) is 1.22. The molecule has 2 nitrogen and oxygen atoms in total. The first-order chi connectivity index (χ1) is 4.83. The molecule has 0 atom stereocenters. The average molecular weight is 138 g/mol. The van der Waals surface area contributed by atoms with E-state index < -0.39 is 0 Å². The fraction of sp³-hybridized carbons (Fsp3) is 0.250. The van der Waals surface area contributed by atoms with E-state index in [0.717, 1.165) is 5.56 Å². The van der Waals surface area contributed by atoms with E-state index in [0.29, 0.717) is 5.75 Å². The molecular formula is C8H10O2. The van der Waals surface area contributed by atoms with Gasteiger partial charge in [-0.1, -0.05) is 12.1 Å². The maximum absolute atomic E-state index is 8.39. The van der Waals surface area contributed by atoms with Crippen molar-refractivity contribution in [3.63, 3.8) is 0 Å². The second kappa shape index (κ2) is 3.22. The first-order valence-electron chi connectivity index (χ1n) is 3.13. The number of hydrogen-bond acceptors (Lipinski definition) is 2.